The Morgan fingerprint density at radius 3 is 2.70 bits per heavy atom. The molecule has 0 saturated carbocycles. The molecule has 4 rings (SSSR count). The van der Waals surface area contributed by atoms with Crippen LogP contribution in [0.25, 0.3) is 11.1 Å². The van der Waals surface area contributed by atoms with Crippen LogP contribution in [0.15, 0.2) is 47.8 Å². The minimum absolute atomic E-state index is 0.102. The molecule has 2 aromatic heterocycles. The monoisotopic (exact) mass is 472 g/mol. The number of aromatic nitrogens is 3. The van der Waals surface area contributed by atoms with E-state index in [4.69, 9.17) is 4.74 Å². The van der Waals surface area contributed by atoms with E-state index in [-0.39, 0.29) is 24.0 Å². The summed E-state index contributed by atoms with van der Waals surface area (Å²) in [5, 5.41) is 3.88. The van der Waals surface area contributed by atoms with Gasteiger partial charge in [-0.15, -0.1) is 0 Å². The van der Waals surface area contributed by atoms with E-state index in [9.17, 15) is 17.6 Å². The van der Waals surface area contributed by atoms with Gasteiger partial charge >= 0.3 is 0 Å². The summed E-state index contributed by atoms with van der Waals surface area (Å²) in [7, 11) is -4.20. The second kappa shape index (κ2) is 8.26. The van der Waals surface area contributed by atoms with Gasteiger partial charge < -0.3 is 4.74 Å². The van der Waals surface area contributed by atoms with Gasteiger partial charge in [-0.25, -0.2) is 14.1 Å². The maximum absolute atomic E-state index is 14.6. The first kappa shape index (κ1) is 22.9. The van der Waals surface area contributed by atoms with Gasteiger partial charge in [0.05, 0.1) is 12.0 Å². The summed E-state index contributed by atoms with van der Waals surface area (Å²) in [5.41, 5.74) is 1.53. The zero-order chi connectivity index (χ0) is 24.0. The summed E-state index contributed by atoms with van der Waals surface area (Å²) in [6, 6.07) is 7.42. The van der Waals surface area contributed by atoms with E-state index in [1.807, 2.05) is 27.7 Å². The van der Waals surface area contributed by atoms with Crippen LogP contribution in [0.1, 0.15) is 44.7 Å². The SMILES string of the molecule is CC(C)c1cc(F)cc2c1CC(=O)NS(=O)(=O)c1ccn(n1)C(C)(C)COc1cc-2ccn1. The standard InChI is InChI=1S/C23H25FN4O4S/c1-14(2)17-10-16(24)11-18-15-5-7-25-21(9-15)32-13-23(3,4)28-8-6-22(26-28)33(30,31)27-20(29)12-19(17)18/h5-11,14H,12-13H2,1-4H3,(H,27,29). The molecule has 0 unspecified atom stereocenters. The van der Waals surface area contributed by atoms with Crippen molar-refractivity contribution in [3.63, 3.8) is 0 Å². The van der Waals surface area contributed by atoms with Gasteiger partial charge in [0.25, 0.3) is 10.0 Å². The number of nitrogens with one attached hydrogen (secondary N) is 1. The van der Waals surface area contributed by atoms with E-state index in [1.165, 1.54) is 29.1 Å². The number of benzene rings is 1. The Hall–Kier alpha value is -3.27. The Bertz CT molecular complexity index is 1330. The molecule has 10 heteroatoms. The van der Waals surface area contributed by atoms with Crippen molar-refractivity contribution in [1.29, 1.82) is 0 Å². The number of rotatable bonds is 1. The van der Waals surface area contributed by atoms with E-state index < -0.39 is 27.3 Å². The molecular weight excluding hydrogens is 447 g/mol. The zero-order valence-electron chi connectivity index (χ0n) is 18.8. The molecule has 4 bridgehead atoms. The van der Waals surface area contributed by atoms with Crippen LogP contribution in [0.5, 0.6) is 5.88 Å². The number of pyridine rings is 1. The second-order valence-corrected chi connectivity index (χ2v) is 10.6. The molecule has 1 aromatic carbocycles. The lowest BCUT2D eigenvalue weighted by Crippen LogP contribution is -2.35. The Labute approximate surface area is 191 Å². The van der Waals surface area contributed by atoms with Gasteiger partial charge in [-0.05, 0) is 66.3 Å². The first-order valence-corrected chi connectivity index (χ1v) is 12.0. The number of nitrogens with zero attached hydrogens (tertiary/aromatic N) is 3. The Kier molecular flexibility index (Phi) is 5.73. The summed E-state index contributed by atoms with van der Waals surface area (Å²) in [6.45, 7) is 7.57. The number of fused-ring (bicyclic) bond motifs is 6. The highest BCUT2D eigenvalue weighted by molar-refractivity contribution is 7.90. The molecule has 0 saturated heterocycles. The van der Waals surface area contributed by atoms with Crippen molar-refractivity contribution in [2.75, 3.05) is 6.61 Å². The first-order valence-electron chi connectivity index (χ1n) is 10.5. The molecule has 33 heavy (non-hydrogen) atoms. The third kappa shape index (κ3) is 4.61. The average Bonchev–Trinajstić information content (AvgIpc) is 3.25. The van der Waals surface area contributed by atoms with Crippen molar-refractivity contribution in [2.24, 2.45) is 0 Å². The van der Waals surface area contributed by atoms with Crippen LogP contribution in [0.2, 0.25) is 0 Å². The topological polar surface area (TPSA) is 103 Å². The largest absolute Gasteiger partial charge is 0.475 e. The molecule has 0 spiro atoms. The predicted molar refractivity (Wildman–Crippen MR) is 120 cm³/mol. The lowest BCUT2D eigenvalue weighted by atomic mass is 9.88. The molecule has 3 aromatic rings. The lowest BCUT2D eigenvalue weighted by Gasteiger charge is -2.25. The van der Waals surface area contributed by atoms with E-state index >= 15 is 0 Å². The molecule has 1 aliphatic heterocycles. The fourth-order valence-corrected chi connectivity index (χ4v) is 4.70. The number of halogens is 1. The minimum atomic E-state index is -4.20. The van der Waals surface area contributed by atoms with Gasteiger partial charge in [-0.2, -0.15) is 13.5 Å². The third-order valence-corrected chi connectivity index (χ3v) is 6.80. The highest BCUT2D eigenvalue weighted by Gasteiger charge is 2.28. The number of hydrogen-bond donors (Lipinski definition) is 1. The van der Waals surface area contributed by atoms with Crippen LogP contribution in [0.4, 0.5) is 4.39 Å². The fraction of sp³-hybridized carbons (Fsp3) is 0.348. The average molecular weight is 473 g/mol. The van der Waals surface area contributed by atoms with Gasteiger partial charge in [0.15, 0.2) is 5.03 Å². The minimum Gasteiger partial charge on any atom is -0.475 e. The number of sulfonamides is 1. The third-order valence-electron chi connectivity index (χ3n) is 5.54. The zero-order valence-corrected chi connectivity index (χ0v) is 19.6. The molecule has 174 valence electrons. The van der Waals surface area contributed by atoms with Crippen molar-refractivity contribution in [2.45, 2.75) is 50.6 Å². The quantitative estimate of drug-likeness (QED) is 0.582. The van der Waals surface area contributed by atoms with Crippen LogP contribution in [-0.2, 0) is 26.8 Å². The summed E-state index contributed by atoms with van der Waals surface area (Å²) < 4.78 is 49.7. The number of ether oxygens (including phenoxy) is 1. The fourth-order valence-electron chi connectivity index (χ4n) is 3.79. The predicted octanol–water partition coefficient (Wildman–Crippen LogP) is 3.38. The van der Waals surface area contributed by atoms with Crippen molar-refractivity contribution in [3.05, 3.63) is 59.7 Å². The van der Waals surface area contributed by atoms with Crippen molar-refractivity contribution < 1.29 is 22.3 Å². The summed E-state index contributed by atoms with van der Waals surface area (Å²) in [4.78, 5) is 17.1. The second-order valence-electron chi connectivity index (χ2n) is 8.96. The van der Waals surface area contributed by atoms with E-state index in [0.717, 1.165) is 0 Å². The summed E-state index contributed by atoms with van der Waals surface area (Å²) in [5.74, 6) is -0.969. The summed E-state index contributed by atoms with van der Waals surface area (Å²) in [6.07, 6.45) is 2.82. The summed E-state index contributed by atoms with van der Waals surface area (Å²) >= 11 is 0. The van der Waals surface area contributed by atoms with Crippen LogP contribution >= 0.6 is 0 Å². The van der Waals surface area contributed by atoms with Gasteiger partial charge in [0.2, 0.25) is 11.8 Å². The molecule has 3 heterocycles. The first-order chi connectivity index (χ1) is 15.5. The Balaban J connectivity index is 1.91. The molecule has 0 aliphatic carbocycles. The van der Waals surface area contributed by atoms with Gasteiger partial charge in [0, 0.05) is 18.5 Å². The van der Waals surface area contributed by atoms with Crippen LogP contribution in [0.3, 0.4) is 0 Å². The van der Waals surface area contributed by atoms with E-state index in [0.29, 0.717) is 28.1 Å². The molecule has 0 radical (unpaired) electrons. The number of carbonyl (C=O) groups excluding carboxylic acids is 1. The van der Waals surface area contributed by atoms with Gasteiger partial charge in [0.1, 0.15) is 12.4 Å². The maximum Gasteiger partial charge on any atom is 0.283 e. The number of hydrogen-bond acceptors (Lipinski definition) is 6. The number of amides is 1. The lowest BCUT2D eigenvalue weighted by molar-refractivity contribution is -0.118. The Morgan fingerprint density at radius 1 is 1.21 bits per heavy atom. The highest BCUT2D eigenvalue weighted by Crippen LogP contribution is 2.33. The van der Waals surface area contributed by atoms with E-state index in [2.05, 4.69) is 14.8 Å². The van der Waals surface area contributed by atoms with Crippen molar-refractivity contribution in [3.8, 4) is 17.0 Å². The van der Waals surface area contributed by atoms with Crippen molar-refractivity contribution >= 4 is 15.9 Å². The highest BCUT2D eigenvalue weighted by atomic mass is 32.2. The molecule has 1 N–H and O–H groups in total. The molecule has 0 atom stereocenters. The molecule has 1 aliphatic rings. The molecule has 1 amide bonds. The van der Waals surface area contributed by atoms with Crippen LogP contribution < -0.4 is 9.46 Å². The van der Waals surface area contributed by atoms with Gasteiger partial charge in [-0.3, -0.25) is 9.48 Å². The molecular formula is C23H25FN4O4S. The van der Waals surface area contributed by atoms with Crippen LogP contribution in [0, 0.1) is 5.82 Å². The number of carbonyl (C=O) groups is 1. The maximum atomic E-state index is 14.6. The molecule has 8 nitrogen and oxygen atoms in total. The Morgan fingerprint density at radius 2 is 1.97 bits per heavy atom. The normalized spacial score (nSPS) is 17.3. The van der Waals surface area contributed by atoms with Gasteiger partial charge in [-0.1, -0.05) is 13.8 Å². The molecule has 0 fully saturated rings. The van der Waals surface area contributed by atoms with Crippen LogP contribution in [-0.4, -0.2) is 35.7 Å². The smallest absolute Gasteiger partial charge is 0.283 e. The van der Waals surface area contributed by atoms with E-state index in [1.54, 1.807) is 18.3 Å². The van der Waals surface area contributed by atoms with Crippen molar-refractivity contribution in [1.82, 2.24) is 19.5 Å².